The Hall–Kier alpha value is -2.09. The van der Waals surface area contributed by atoms with Crippen LogP contribution in [0.4, 0.5) is 4.39 Å². The zero-order valence-corrected chi connectivity index (χ0v) is 11.4. The van der Waals surface area contributed by atoms with E-state index in [0.29, 0.717) is 0 Å². The number of halogens is 1. The van der Waals surface area contributed by atoms with Crippen molar-refractivity contribution < 1.29 is 4.39 Å². The highest BCUT2D eigenvalue weighted by Gasteiger charge is 2.04. The predicted octanol–water partition coefficient (Wildman–Crippen LogP) is 4.80. The summed E-state index contributed by atoms with van der Waals surface area (Å²) in [6, 6.07) is 17.7. The Bertz CT molecular complexity index is 685. The van der Waals surface area contributed by atoms with Gasteiger partial charge in [-0.2, -0.15) is 0 Å². The molecule has 0 radical (unpaired) electrons. The summed E-state index contributed by atoms with van der Waals surface area (Å²) in [5.74, 6) is -0.134. The molecule has 3 rings (SSSR count). The highest BCUT2D eigenvalue weighted by atomic mass is 19.1. The van der Waals surface area contributed by atoms with E-state index in [4.69, 9.17) is 0 Å². The molecule has 2 heteroatoms. The summed E-state index contributed by atoms with van der Waals surface area (Å²) in [5.41, 5.74) is 2.38. The van der Waals surface area contributed by atoms with E-state index < -0.39 is 0 Å². The van der Waals surface area contributed by atoms with E-state index in [9.17, 15) is 4.39 Å². The number of aromatic nitrogens is 1. The summed E-state index contributed by atoms with van der Waals surface area (Å²) in [7, 11) is 0. The van der Waals surface area contributed by atoms with Crippen molar-refractivity contribution in [1.29, 1.82) is 0 Å². The molecule has 20 heavy (non-hydrogen) atoms. The second kappa shape index (κ2) is 5.91. The van der Waals surface area contributed by atoms with Crippen LogP contribution in [0, 0.1) is 5.82 Å². The summed E-state index contributed by atoms with van der Waals surface area (Å²) >= 11 is 0. The first-order valence-electron chi connectivity index (χ1n) is 7.12. The van der Waals surface area contributed by atoms with E-state index in [1.165, 1.54) is 11.6 Å². The summed E-state index contributed by atoms with van der Waals surface area (Å²) in [4.78, 5) is 0. The third-order valence-corrected chi connectivity index (χ3v) is 3.72. The highest BCUT2D eigenvalue weighted by molar-refractivity contribution is 5.80. The third kappa shape index (κ3) is 2.74. The maximum atomic E-state index is 13.6. The number of benzene rings is 2. The molecule has 0 fully saturated rings. The zero-order chi connectivity index (χ0) is 13.8. The minimum absolute atomic E-state index is 0.134. The molecular formula is C18H18FN. The fourth-order valence-electron chi connectivity index (χ4n) is 2.64. The first-order chi connectivity index (χ1) is 9.84. The Labute approximate surface area is 118 Å². The summed E-state index contributed by atoms with van der Waals surface area (Å²) < 4.78 is 15.7. The van der Waals surface area contributed by atoms with Crippen LogP contribution in [-0.4, -0.2) is 4.57 Å². The molecule has 3 aromatic rings. The molecule has 1 aromatic heterocycles. The van der Waals surface area contributed by atoms with E-state index in [0.717, 1.165) is 36.7 Å². The minimum Gasteiger partial charge on any atom is -0.347 e. The molecule has 0 N–H and O–H groups in total. The monoisotopic (exact) mass is 267 g/mol. The smallest absolute Gasteiger partial charge is 0.132 e. The number of nitrogens with zero attached hydrogens (tertiary/aromatic N) is 1. The Morgan fingerprint density at radius 3 is 2.55 bits per heavy atom. The van der Waals surface area contributed by atoms with E-state index in [1.54, 1.807) is 6.07 Å². The van der Waals surface area contributed by atoms with Crippen LogP contribution in [0.15, 0.2) is 60.8 Å². The SMILES string of the molecule is Fc1cccc2c1ccn2CCCCc1ccccc1. The molecule has 0 spiro atoms. The molecule has 0 atom stereocenters. The van der Waals surface area contributed by atoms with E-state index in [2.05, 4.69) is 28.8 Å². The number of hydrogen-bond acceptors (Lipinski definition) is 0. The van der Waals surface area contributed by atoms with Gasteiger partial charge in [-0.15, -0.1) is 0 Å². The fourth-order valence-corrected chi connectivity index (χ4v) is 2.64. The second-order valence-corrected chi connectivity index (χ2v) is 5.12. The summed E-state index contributed by atoms with van der Waals surface area (Å²) in [6.07, 6.45) is 5.35. The van der Waals surface area contributed by atoms with Crippen LogP contribution in [0.25, 0.3) is 10.9 Å². The van der Waals surface area contributed by atoms with E-state index >= 15 is 0 Å². The fraction of sp³-hybridized carbons (Fsp3) is 0.222. The Morgan fingerprint density at radius 1 is 0.850 bits per heavy atom. The Morgan fingerprint density at radius 2 is 1.70 bits per heavy atom. The lowest BCUT2D eigenvalue weighted by molar-refractivity contribution is 0.622. The van der Waals surface area contributed by atoms with Crippen molar-refractivity contribution in [3.8, 4) is 0 Å². The molecule has 0 bridgehead atoms. The van der Waals surface area contributed by atoms with E-state index in [1.807, 2.05) is 24.4 Å². The standard InChI is InChI=1S/C18H18FN/c19-17-10-6-11-18-16(17)12-14-20(18)13-5-4-9-15-7-2-1-3-8-15/h1-3,6-8,10-12,14H,4-5,9,13H2. The van der Waals surface area contributed by atoms with Crippen molar-refractivity contribution in [2.45, 2.75) is 25.8 Å². The average Bonchev–Trinajstić information content (AvgIpc) is 2.90. The number of unbranched alkanes of at least 4 members (excludes halogenated alkanes) is 1. The zero-order valence-electron chi connectivity index (χ0n) is 11.4. The normalized spacial score (nSPS) is 11.1. The molecule has 0 aliphatic heterocycles. The largest absolute Gasteiger partial charge is 0.347 e. The topological polar surface area (TPSA) is 4.93 Å². The first kappa shape index (κ1) is 12.9. The van der Waals surface area contributed by atoms with Gasteiger partial charge < -0.3 is 4.57 Å². The molecule has 1 heterocycles. The third-order valence-electron chi connectivity index (χ3n) is 3.72. The number of fused-ring (bicyclic) bond motifs is 1. The van der Waals surface area contributed by atoms with Crippen LogP contribution >= 0.6 is 0 Å². The predicted molar refractivity (Wildman–Crippen MR) is 81.3 cm³/mol. The van der Waals surface area contributed by atoms with E-state index in [-0.39, 0.29) is 5.82 Å². The van der Waals surface area contributed by atoms with Gasteiger partial charge in [-0.25, -0.2) is 4.39 Å². The first-order valence-corrected chi connectivity index (χ1v) is 7.12. The lowest BCUT2D eigenvalue weighted by Crippen LogP contribution is -1.97. The second-order valence-electron chi connectivity index (χ2n) is 5.12. The van der Waals surface area contributed by atoms with Crippen molar-refractivity contribution in [3.63, 3.8) is 0 Å². The molecule has 0 aliphatic carbocycles. The van der Waals surface area contributed by atoms with Crippen LogP contribution in [-0.2, 0) is 13.0 Å². The van der Waals surface area contributed by atoms with Gasteiger partial charge in [0.05, 0.1) is 5.52 Å². The maximum absolute atomic E-state index is 13.6. The molecule has 0 saturated heterocycles. The van der Waals surface area contributed by atoms with Crippen LogP contribution in [0.2, 0.25) is 0 Å². The minimum atomic E-state index is -0.134. The number of aryl methyl sites for hydroxylation is 2. The van der Waals surface area contributed by atoms with Gasteiger partial charge >= 0.3 is 0 Å². The van der Waals surface area contributed by atoms with Crippen molar-refractivity contribution in [2.75, 3.05) is 0 Å². The maximum Gasteiger partial charge on any atom is 0.132 e. The van der Waals surface area contributed by atoms with Gasteiger partial charge in [0.25, 0.3) is 0 Å². The van der Waals surface area contributed by atoms with Gasteiger partial charge in [0, 0.05) is 18.1 Å². The van der Waals surface area contributed by atoms with Gasteiger partial charge in [0.2, 0.25) is 0 Å². The van der Waals surface area contributed by atoms with Crippen molar-refractivity contribution >= 4 is 10.9 Å². The Kier molecular flexibility index (Phi) is 3.82. The summed E-state index contributed by atoms with van der Waals surface area (Å²) in [6.45, 7) is 0.944. The lowest BCUT2D eigenvalue weighted by atomic mass is 10.1. The van der Waals surface area contributed by atoms with Gasteiger partial charge in [0.15, 0.2) is 0 Å². The van der Waals surface area contributed by atoms with Crippen LogP contribution in [0.3, 0.4) is 0 Å². The highest BCUT2D eigenvalue weighted by Crippen LogP contribution is 2.19. The number of hydrogen-bond donors (Lipinski definition) is 0. The average molecular weight is 267 g/mol. The molecule has 1 nitrogen and oxygen atoms in total. The van der Waals surface area contributed by atoms with Crippen molar-refractivity contribution in [1.82, 2.24) is 4.57 Å². The van der Waals surface area contributed by atoms with Crippen molar-refractivity contribution in [2.24, 2.45) is 0 Å². The molecule has 0 aliphatic rings. The molecule has 0 unspecified atom stereocenters. The molecule has 102 valence electrons. The Balaban J connectivity index is 1.59. The quantitative estimate of drug-likeness (QED) is 0.585. The summed E-state index contributed by atoms with van der Waals surface area (Å²) in [5, 5.41) is 0.718. The van der Waals surface area contributed by atoms with Crippen LogP contribution in [0.5, 0.6) is 0 Å². The molecule has 0 amide bonds. The van der Waals surface area contributed by atoms with Gasteiger partial charge in [-0.1, -0.05) is 36.4 Å². The van der Waals surface area contributed by atoms with Gasteiger partial charge in [-0.05, 0) is 43.0 Å². The number of rotatable bonds is 5. The van der Waals surface area contributed by atoms with Crippen LogP contribution in [0.1, 0.15) is 18.4 Å². The van der Waals surface area contributed by atoms with Gasteiger partial charge in [-0.3, -0.25) is 0 Å². The lowest BCUT2D eigenvalue weighted by Gasteiger charge is -2.06. The van der Waals surface area contributed by atoms with Gasteiger partial charge in [0.1, 0.15) is 5.82 Å². The molecule has 2 aromatic carbocycles. The molecular weight excluding hydrogens is 249 g/mol. The van der Waals surface area contributed by atoms with Crippen molar-refractivity contribution in [3.05, 3.63) is 72.2 Å². The van der Waals surface area contributed by atoms with Crippen LogP contribution < -0.4 is 0 Å². The molecule has 0 saturated carbocycles.